The molecular weight excluding hydrogens is 288 g/mol. The smallest absolute Gasteiger partial charge is 0.211 e. The lowest BCUT2D eigenvalue weighted by Crippen LogP contribution is -2.43. The molecule has 5 nitrogen and oxygen atoms in total. The molecule has 0 amide bonds. The molecule has 1 N–H and O–H groups in total. The summed E-state index contributed by atoms with van der Waals surface area (Å²) in [6, 6.07) is 1.14. The number of β-amino-alcohol motifs (C(OH)–C–C–N with tert-alkyl or cyclic N) is 1. The van der Waals surface area contributed by atoms with Gasteiger partial charge in [-0.15, -0.1) is 0 Å². The summed E-state index contributed by atoms with van der Waals surface area (Å²) in [7, 11) is -3.10. The molecule has 2 aliphatic heterocycles. The zero-order valence-electron chi connectivity index (χ0n) is 13.2. The van der Waals surface area contributed by atoms with Crippen LogP contribution in [-0.2, 0) is 10.0 Å². The largest absolute Gasteiger partial charge is 0.388 e. The maximum Gasteiger partial charge on any atom is 0.211 e. The highest BCUT2D eigenvalue weighted by molar-refractivity contribution is 7.88. The Balaban J connectivity index is 1.60. The minimum atomic E-state index is -3.10. The minimum Gasteiger partial charge on any atom is -0.388 e. The van der Waals surface area contributed by atoms with E-state index >= 15 is 0 Å². The first-order chi connectivity index (χ1) is 9.77. The number of hydrogen-bond acceptors (Lipinski definition) is 4. The second-order valence-electron chi connectivity index (χ2n) is 7.51. The first-order valence-corrected chi connectivity index (χ1v) is 10.0. The number of nitrogens with zero attached hydrogens (tertiary/aromatic N) is 2. The summed E-state index contributed by atoms with van der Waals surface area (Å²) in [5, 5.41) is 10.9. The van der Waals surface area contributed by atoms with Crippen molar-refractivity contribution in [3.8, 4) is 0 Å². The molecule has 3 unspecified atom stereocenters. The van der Waals surface area contributed by atoms with Crippen LogP contribution in [0.15, 0.2) is 0 Å². The van der Waals surface area contributed by atoms with Crippen LogP contribution < -0.4 is 0 Å². The summed E-state index contributed by atoms with van der Waals surface area (Å²) in [5.74, 6) is 0.296. The average Bonchev–Trinajstić information content (AvgIpc) is 3.15. The van der Waals surface area contributed by atoms with E-state index in [4.69, 9.17) is 0 Å². The van der Waals surface area contributed by atoms with E-state index in [1.165, 1.54) is 19.1 Å². The van der Waals surface area contributed by atoms with Crippen LogP contribution in [0.3, 0.4) is 0 Å². The number of piperidine rings is 1. The van der Waals surface area contributed by atoms with Crippen LogP contribution in [0.4, 0.5) is 0 Å². The van der Waals surface area contributed by atoms with Crippen molar-refractivity contribution >= 4 is 10.0 Å². The number of rotatable bonds is 4. The van der Waals surface area contributed by atoms with E-state index in [0.717, 1.165) is 32.2 Å². The van der Waals surface area contributed by atoms with Crippen LogP contribution in [0.5, 0.6) is 0 Å². The molecule has 2 heterocycles. The summed E-state index contributed by atoms with van der Waals surface area (Å²) in [5.41, 5.74) is -0.618. The molecule has 0 aromatic carbocycles. The van der Waals surface area contributed by atoms with Gasteiger partial charge in [-0.1, -0.05) is 0 Å². The van der Waals surface area contributed by atoms with Gasteiger partial charge in [0.1, 0.15) is 0 Å². The lowest BCUT2D eigenvalue weighted by Gasteiger charge is -2.35. The lowest BCUT2D eigenvalue weighted by atomic mass is 9.85. The van der Waals surface area contributed by atoms with Gasteiger partial charge in [0, 0.05) is 31.7 Å². The SMILES string of the molecule is CC1CC(O)(CC2CCCN(S(C)(=O)=O)C2)CN1C1CC1. The van der Waals surface area contributed by atoms with Crippen molar-refractivity contribution in [2.24, 2.45) is 5.92 Å². The Kier molecular flexibility index (Phi) is 4.10. The fourth-order valence-electron chi connectivity index (χ4n) is 4.30. The zero-order chi connectivity index (χ0) is 15.3. The molecule has 1 aliphatic carbocycles. The maximum absolute atomic E-state index is 11.7. The van der Waals surface area contributed by atoms with E-state index in [1.807, 2.05) is 0 Å². The Hall–Kier alpha value is -0.170. The predicted molar refractivity (Wildman–Crippen MR) is 82.5 cm³/mol. The van der Waals surface area contributed by atoms with Crippen molar-refractivity contribution in [3.05, 3.63) is 0 Å². The van der Waals surface area contributed by atoms with Gasteiger partial charge in [-0.2, -0.15) is 0 Å². The van der Waals surface area contributed by atoms with Gasteiger partial charge >= 0.3 is 0 Å². The molecule has 21 heavy (non-hydrogen) atoms. The number of hydrogen-bond donors (Lipinski definition) is 1. The molecule has 3 atom stereocenters. The van der Waals surface area contributed by atoms with Crippen LogP contribution in [0.25, 0.3) is 0 Å². The van der Waals surface area contributed by atoms with Crippen molar-refractivity contribution in [1.82, 2.24) is 9.21 Å². The van der Waals surface area contributed by atoms with E-state index in [1.54, 1.807) is 4.31 Å². The minimum absolute atomic E-state index is 0.296. The Bertz CT molecular complexity index is 491. The molecule has 6 heteroatoms. The van der Waals surface area contributed by atoms with Gasteiger partial charge in [-0.25, -0.2) is 12.7 Å². The molecule has 122 valence electrons. The molecule has 0 aromatic rings. The standard InChI is InChI=1S/C15H28N2O3S/c1-12-8-15(18,11-17(12)14-5-6-14)9-13-4-3-7-16(10-13)21(2,19)20/h12-14,18H,3-11H2,1-2H3. The van der Waals surface area contributed by atoms with Crippen molar-refractivity contribution in [2.45, 2.75) is 63.1 Å². The first kappa shape index (κ1) is 15.7. The van der Waals surface area contributed by atoms with Gasteiger partial charge in [0.2, 0.25) is 10.0 Å². The third-order valence-corrected chi connectivity index (χ3v) is 6.62. The number of sulfonamides is 1. The highest BCUT2D eigenvalue weighted by atomic mass is 32.2. The molecule has 0 bridgehead atoms. The van der Waals surface area contributed by atoms with Crippen molar-refractivity contribution in [2.75, 3.05) is 25.9 Å². The molecule has 1 saturated carbocycles. The average molecular weight is 316 g/mol. The normalized spacial score (nSPS) is 39.8. The highest BCUT2D eigenvalue weighted by Crippen LogP contribution is 2.40. The van der Waals surface area contributed by atoms with E-state index in [9.17, 15) is 13.5 Å². The maximum atomic E-state index is 11.7. The first-order valence-electron chi connectivity index (χ1n) is 8.20. The molecule has 0 radical (unpaired) electrons. The molecular formula is C15H28N2O3S. The fraction of sp³-hybridized carbons (Fsp3) is 1.00. The van der Waals surface area contributed by atoms with Crippen molar-refractivity contribution in [3.63, 3.8) is 0 Å². The summed E-state index contributed by atoms with van der Waals surface area (Å²) < 4.78 is 25.0. The monoisotopic (exact) mass is 316 g/mol. The molecule has 0 spiro atoms. The van der Waals surface area contributed by atoms with Gasteiger partial charge in [-0.3, -0.25) is 4.90 Å². The Morgan fingerprint density at radius 1 is 1.29 bits per heavy atom. The van der Waals surface area contributed by atoms with Crippen molar-refractivity contribution < 1.29 is 13.5 Å². The number of aliphatic hydroxyl groups is 1. The third-order valence-electron chi connectivity index (χ3n) is 5.35. The van der Waals surface area contributed by atoms with Crippen LogP contribution >= 0.6 is 0 Å². The fourth-order valence-corrected chi connectivity index (χ4v) is 5.24. The summed E-state index contributed by atoms with van der Waals surface area (Å²) in [6.07, 6.45) is 7.35. The van der Waals surface area contributed by atoms with Crippen LogP contribution in [0.2, 0.25) is 0 Å². The van der Waals surface area contributed by atoms with Gasteiger partial charge < -0.3 is 5.11 Å². The van der Waals surface area contributed by atoms with Crippen molar-refractivity contribution in [1.29, 1.82) is 0 Å². The highest BCUT2D eigenvalue weighted by Gasteiger charge is 2.47. The lowest BCUT2D eigenvalue weighted by molar-refractivity contribution is 0.0157. The Morgan fingerprint density at radius 2 is 2.00 bits per heavy atom. The zero-order valence-corrected chi connectivity index (χ0v) is 14.0. The number of likely N-dealkylation sites (tertiary alicyclic amines) is 1. The third kappa shape index (κ3) is 3.60. The van der Waals surface area contributed by atoms with Gasteiger partial charge in [-0.05, 0) is 51.4 Å². The molecule has 2 saturated heterocycles. The van der Waals surface area contributed by atoms with E-state index < -0.39 is 15.6 Å². The quantitative estimate of drug-likeness (QED) is 0.842. The second-order valence-corrected chi connectivity index (χ2v) is 9.50. The summed E-state index contributed by atoms with van der Waals surface area (Å²) in [6.45, 7) is 4.20. The predicted octanol–water partition coefficient (Wildman–Crippen LogP) is 1.04. The topological polar surface area (TPSA) is 60.9 Å². The van der Waals surface area contributed by atoms with Gasteiger partial charge in [0.25, 0.3) is 0 Å². The Morgan fingerprint density at radius 3 is 2.62 bits per heavy atom. The van der Waals surface area contributed by atoms with Gasteiger partial charge in [0.15, 0.2) is 0 Å². The molecule has 0 aromatic heterocycles. The van der Waals surface area contributed by atoms with E-state index in [0.29, 0.717) is 31.1 Å². The van der Waals surface area contributed by atoms with Gasteiger partial charge in [0.05, 0.1) is 11.9 Å². The van der Waals surface area contributed by atoms with E-state index in [2.05, 4.69) is 11.8 Å². The van der Waals surface area contributed by atoms with Crippen LogP contribution in [0.1, 0.15) is 45.4 Å². The summed E-state index contributed by atoms with van der Waals surface area (Å²) in [4.78, 5) is 2.46. The van der Waals surface area contributed by atoms with Crippen LogP contribution in [0, 0.1) is 5.92 Å². The molecule has 3 fully saturated rings. The molecule has 3 rings (SSSR count). The summed E-state index contributed by atoms with van der Waals surface area (Å²) >= 11 is 0. The van der Waals surface area contributed by atoms with Crippen LogP contribution in [-0.4, -0.2) is 66.3 Å². The second kappa shape index (κ2) is 5.48. The Labute approximate surface area is 128 Å². The van der Waals surface area contributed by atoms with E-state index in [-0.39, 0.29) is 0 Å². The molecule has 3 aliphatic rings.